The normalized spacial score (nSPS) is 14.3. The van der Waals surface area contributed by atoms with Crippen molar-refractivity contribution in [2.75, 3.05) is 0 Å². The van der Waals surface area contributed by atoms with Crippen LogP contribution in [0.1, 0.15) is 6.92 Å². The lowest BCUT2D eigenvalue weighted by Gasteiger charge is -2.08. The van der Waals surface area contributed by atoms with Gasteiger partial charge in [0.15, 0.2) is 6.10 Å². The van der Waals surface area contributed by atoms with E-state index >= 15 is 0 Å². The van der Waals surface area contributed by atoms with Gasteiger partial charge in [0.05, 0.1) is 0 Å². The molecule has 0 aromatic carbocycles. The minimum Gasteiger partial charge on any atom is -0.185 e. The Bertz CT molecular complexity index is 67.3. The van der Waals surface area contributed by atoms with Crippen LogP contribution in [-0.2, 0) is 14.8 Å². The molecule has 0 aliphatic carbocycles. The topological polar surface area (TPSA) is 27.7 Å². The molecule has 0 N–H and O–H groups in total. The number of hydrogen-bond donors (Lipinski definition) is 0. The summed E-state index contributed by atoms with van der Waals surface area (Å²) in [7, 11) is 0. The first-order valence-corrected chi connectivity index (χ1v) is 2.08. The van der Waals surface area contributed by atoms with Gasteiger partial charge in [-0.1, -0.05) is 0 Å². The van der Waals surface area contributed by atoms with Crippen molar-refractivity contribution in [3.63, 3.8) is 0 Å². The van der Waals surface area contributed by atoms with Gasteiger partial charge in [-0.05, 0) is 20.5 Å². The lowest BCUT2D eigenvalue weighted by Crippen LogP contribution is -2.25. The highest BCUT2D eigenvalue weighted by atomic mass is 19.3. The Hall–Kier alpha value is -0.330. The zero-order valence-corrected chi connectivity index (χ0v) is 4.51. The molecule has 0 aromatic rings. The van der Waals surface area contributed by atoms with Crippen molar-refractivity contribution >= 4 is 0 Å². The van der Waals surface area contributed by atoms with Crippen molar-refractivity contribution in [3.05, 3.63) is 0 Å². The molecule has 0 heterocycles. The highest BCUT2D eigenvalue weighted by molar-refractivity contribution is 4.48. The zero-order chi connectivity index (χ0) is 7.28. The Balaban J connectivity index is 3.50. The smallest absolute Gasteiger partial charge is 0.185 e. The first kappa shape index (κ1) is 8.67. The van der Waals surface area contributed by atoms with Gasteiger partial charge in [-0.3, -0.25) is 0 Å². The molecule has 0 bridgehead atoms. The van der Waals surface area contributed by atoms with E-state index < -0.39 is 12.4 Å². The second kappa shape index (κ2) is 4.54. The summed E-state index contributed by atoms with van der Waals surface area (Å²) in [5.41, 5.74) is 0. The van der Waals surface area contributed by atoms with Crippen LogP contribution in [0.5, 0.6) is 0 Å². The molecule has 1 unspecified atom stereocenters. The lowest BCUT2D eigenvalue weighted by molar-refractivity contribution is -0.390. The Morgan fingerprint density at radius 1 is 1.00 bits per heavy atom. The van der Waals surface area contributed by atoms with Crippen molar-refractivity contribution in [2.24, 2.45) is 0 Å². The molecule has 9 heavy (non-hydrogen) atoms. The third-order valence-corrected chi connectivity index (χ3v) is 0.699. The predicted molar refractivity (Wildman–Crippen MR) is 19.8 cm³/mol. The van der Waals surface area contributed by atoms with Crippen molar-refractivity contribution in [1.82, 2.24) is 0 Å². The molecule has 0 saturated heterocycles. The van der Waals surface area contributed by atoms with Gasteiger partial charge < -0.3 is 0 Å². The summed E-state index contributed by atoms with van der Waals surface area (Å²) in [5, 5.41) is 0. The second-order valence-electron chi connectivity index (χ2n) is 1.34. The summed E-state index contributed by atoms with van der Waals surface area (Å²) in [6, 6.07) is 0. The highest BCUT2D eigenvalue weighted by Gasteiger charge is 2.22. The summed E-state index contributed by atoms with van der Waals surface area (Å²) in [6.07, 6.45) is -3.39. The third-order valence-electron chi connectivity index (χ3n) is 0.699. The maximum atomic E-state index is 11.0. The molecule has 0 aromatic heterocycles. The fourth-order valence-electron chi connectivity index (χ4n) is 0.201. The first-order chi connectivity index (χ1) is 4.26. The molecule has 0 radical (unpaired) electrons. The SMILES string of the molecule is CC(OF)C(OF)OF. The van der Waals surface area contributed by atoms with E-state index in [2.05, 4.69) is 14.8 Å². The highest BCUT2D eigenvalue weighted by Crippen LogP contribution is 2.06. The van der Waals surface area contributed by atoms with Gasteiger partial charge in [-0.15, -0.1) is 0 Å². The second-order valence-corrected chi connectivity index (χ2v) is 1.34. The van der Waals surface area contributed by atoms with Crippen LogP contribution in [0.15, 0.2) is 0 Å². The van der Waals surface area contributed by atoms with Gasteiger partial charge >= 0.3 is 0 Å². The van der Waals surface area contributed by atoms with Crippen LogP contribution in [0.25, 0.3) is 0 Å². The molecular formula is C3H5F3O3. The Morgan fingerprint density at radius 2 is 1.44 bits per heavy atom. The first-order valence-electron chi connectivity index (χ1n) is 2.08. The average molecular weight is 146 g/mol. The van der Waals surface area contributed by atoms with E-state index in [1.54, 1.807) is 0 Å². The average Bonchev–Trinajstić information content (AvgIpc) is 1.90. The van der Waals surface area contributed by atoms with Crippen molar-refractivity contribution in [1.29, 1.82) is 0 Å². The van der Waals surface area contributed by atoms with Crippen LogP contribution < -0.4 is 0 Å². The van der Waals surface area contributed by atoms with Crippen LogP contribution in [0.4, 0.5) is 13.6 Å². The van der Waals surface area contributed by atoms with E-state index in [9.17, 15) is 13.6 Å². The van der Waals surface area contributed by atoms with E-state index in [4.69, 9.17) is 0 Å². The molecule has 0 aliphatic rings. The van der Waals surface area contributed by atoms with E-state index in [-0.39, 0.29) is 0 Å². The summed E-state index contributed by atoms with van der Waals surface area (Å²) in [5.74, 6) is 0. The van der Waals surface area contributed by atoms with Gasteiger partial charge in [0.2, 0.25) is 0 Å². The van der Waals surface area contributed by atoms with Crippen LogP contribution >= 0.6 is 0 Å². The summed E-state index contributed by atoms with van der Waals surface area (Å²) in [4.78, 5) is 8.54. The van der Waals surface area contributed by atoms with Crippen LogP contribution in [0.3, 0.4) is 0 Å². The van der Waals surface area contributed by atoms with Gasteiger partial charge in [0.25, 0.3) is 6.29 Å². The number of halogens is 3. The van der Waals surface area contributed by atoms with E-state index in [1.807, 2.05) is 0 Å². The molecule has 0 spiro atoms. The molecular weight excluding hydrogens is 141 g/mol. The summed E-state index contributed by atoms with van der Waals surface area (Å²) in [6.45, 7) is 1.03. The molecule has 0 saturated carbocycles. The fraction of sp³-hybridized carbons (Fsp3) is 1.00. The van der Waals surface area contributed by atoms with E-state index in [0.717, 1.165) is 6.92 Å². The minimum absolute atomic E-state index is 1.03. The van der Waals surface area contributed by atoms with Crippen LogP contribution in [0, 0.1) is 0 Å². The molecule has 6 heteroatoms. The standard InChI is InChI=1S/C3H5F3O3/c1-2(7-4)3(8-5)9-6/h2-3H,1H3. The van der Waals surface area contributed by atoms with Crippen molar-refractivity contribution in [2.45, 2.75) is 19.3 Å². The fourth-order valence-corrected chi connectivity index (χ4v) is 0.201. The third kappa shape index (κ3) is 2.64. The summed E-state index contributed by atoms with van der Waals surface area (Å²) >= 11 is 0. The minimum atomic E-state index is -1.96. The Kier molecular flexibility index (Phi) is 4.37. The quantitative estimate of drug-likeness (QED) is 0.561. The maximum absolute atomic E-state index is 11.0. The van der Waals surface area contributed by atoms with Crippen molar-refractivity contribution < 1.29 is 28.4 Å². The van der Waals surface area contributed by atoms with Gasteiger partial charge in [-0.25, -0.2) is 0 Å². The molecule has 3 nitrogen and oxygen atoms in total. The molecule has 0 fully saturated rings. The molecule has 0 amide bonds. The number of rotatable bonds is 4. The molecule has 1 atom stereocenters. The monoisotopic (exact) mass is 146 g/mol. The number of hydrogen-bond acceptors (Lipinski definition) is 3. The van der Waals surface area contributed by atoms with Crippen LogP contribution in [0.2, 0.25) is 0 Å². The Morgan fingerprint density at radius 3 is 1.56 bits per heavy atom. The van der Waals surface area contributed by atoms with E-state index in [1.165, 1.54) is 0 Å². The van der Waals surface area contributed by atoms with Gasteiger partial charge in [0.1, 0.15) is 0 Å². The van der Waals surface area contributed by atoms with Crippen molar-refractivity contribution in [3.8, 4) is 0 Å². The van der Waals surface area contributed by atoms with Crippen LogP contribution in [-0.4, -0.2) is 12.4 Å². The Labute approximate surface area is 49.0 Å². The summed E-state index contributed by atoms with van der Waals surface area (Å²) < 4.78 is 33.0. The molecule has 0 aliphatic heterocycles. The lowest BCUT2D eigenvalue weighted by atomic mass is 10.4. The van der Waals surface area contributed by atoms with E-state index in [0.29, 0.717) is 0 Å². The largest absolute Gasteiger partial charge is 0.263 e. The van der Waals surface area contributed by atoms with Gasteiger partial charge in [0, 0.05) is 0 Å². The predicted octanol–water partition coefficient (Wildman–Crippen LogP) is 1.40. The molecule has 56 valence electrons. The zero-order valence-electron chi connectivity index (χ0n) is 4.51. The van der Waals surface area contributed by atoms with Gasteiger partial charge in [-0.2, -0.15) is 14.8 Å². The maximum Gasteiger partial charge on any atom is 0.263 e. The molecule has 0 rings (SSSR count).